The average Bonchev–Trinajstić information content (AvgIpc) is 2.71. The molecule has 7 nitrogen and oxygen atoms in total. The lowest BCUT2D eigenvalue weighted by Crippen LogP contribution is -2.54. The largest absolute Gasteiger partial charge is 0.497 e. The fraction of sp³-hybridized carbons (Fsp3) is 0.0952. The van der Waals surface area contributed by atoms with E-state index < -0.39 is 17.8 Å². The molecule has 1 aliphatic heterocycles. The first-order chi connectivity index (χ1) is 14.3. The molecule has 0 unspecified atom stereocenters. The van der Waals surface area contributed by atoms with Gasteiger partial charge in [0.1, 0.15) is 23.7 Å². The van der Waals surface area contributed by atoms with Crippen molar-refractivity contribution in [3.8, 4) is 23.8 Å². The zero-order chi connectivity index (χ0) is 21.8. The normalized spacial score (nSPS) is 15.1. The summed E-state index contributed by atoms with van der Waals surface area (Å²) >= 11 is 4.18. The molecule has 0 aromatic heterocycles. The summed E-state index contributed by atoms with van der Waals surface area (Å²) in [5, 5.41) is 2.20. The Morgan fingerprint density at radius 2 is 1.77 bits per heavy atom. The molecule has 0 bridgehead atoms. The van der Waals surface area contributed by atoms with Crippen molar-refractivity contribution in [1.29, 1.82) is 0 Å². The van der Waals surface area contributed by atoms with Crippen molar-refractivity contribution in [2.75, 3.05) is 18.6 Å². The molecule has 9 heteroatoms. The number of imide groups is 2. The van der Waals surface area contributed by atoms with E-state index in [2.05, 4.69) is 56.4 Å². The summed E-state index contributed by atoms with van der Waals surface area (Å²) in [5.41, 5.74) is 0.771. The number of benzene rings is 2. The number of urea groups is 1. The number of carbonyl (C=O) groups excluding carboxylic acids is 3. The third-order valence-corrected chi connectivity index (χ3v) is 5.67. The Bertz CT molecular complexity index is 1080. The van der Waals surface area contributed by atoms with Gasteiger partial charge in [-0.3, -0.25) is 14.9 Å². The standard InChI is InChI=1S/C21H14I2N2O5/c1-3-8-30-18-16(22)10-12(11-17(18)23)9-15-19(26)24-21(28)25(20(15)27)13-4-6-14(29-2)7-5-13/h1,4-7,9-11H,8H2,2H3,(H,24,26,28)/b15-9-. The van der Waals surface area contributed by atoms with Gasteiger partial charge in [-0.1, -0.05) is 5.92 Å². The van der Waals surface area contributed by atoms with Crippen LogP contribution in [0, 0.1) is 19.5 Å². The predicted octanol–water partition coefficient (Wildman–Crippen LogP) is 3.58. The van der Waals surface area contributed by atoms with E-state index in [0.29, 0.717) is 22.7 Å². The van der Waals surface area contributed by atoms with Gasteiger partial charge >= 0.3 is 6.03 Å². The van der Waals surface area contributed by atoms with Gasteiger partial charge in [0.25, 0.3) is 11.8 Å². The quantitative estimate of drug-likeness (QED) is 0.237. The molecule has 2 aromatic carbocycles. The van der Waals surface area contributed by atoms with Crippen LogP contribution < -0.4 is 19.7 Å². The van der Waals surface area contributed by atoms with E-state index in [0.717, 1.165) is 12.0 Å². The summed E-state index contributed by atoms with van der Waals surface area (Å²) in [6, 6.07) is 9.08. The van der Waals surface area contributed by atoms with Gasteiger partial charge in [-0.15, -0.1) is 6.42 Å². The third kappa shape index (κ3) is 4.59. The number of anilines is 1. The summed E-state index contributed by atoms with van der Waals surface area (Å²) in [7, 11) is 1.51. The summed E-state index contributed by atoms with van der Waals surface area (Å²) in [6.07, 6.45) is 6.68. The average molecular weight is 628 g/mol. The van der Waals surface area contributed by atoms with Gasteiger partial charge in [0.2, 0.25) is 0 Å². The molecule has 0 radical (unpaired) electrons. The van der Waals surface area contributed by atoms with Gasteiger partial charge in [0, 0.05) is 0 Å². The Kier molecular flexibility index (Phi) is 6.99. The summed E-state index contributed by atoms with van der Waals surface area (Å²) in [6.45, 7) is 0.131. The maximum Gasteiger partial charge on any atom is 0.335 e. The molecule has 0 saturated carbocycles. The summed E-state index contributed by atoms with van der Waals surface area (Å²) in [5.74, 6) is 2.14. The SMILES string of the molecule is C#CCOc1c(I)cc(/C=C2/C(=O)NC(=O)N(c3ccc(OC)cc3)C2=O)cc1I. The third-order valence-electron chi connectivity index (χ3n) is 4.06. The van der Waals surface area contributed by atoms with Crippen LogP contribution in [0.25, 0.3) is 6.08 Å². The maximum absolute atomic E-state index is 13.0. The number of hydrogen-bond donors (Lipinski definition) is 1. The molecular weight excluding hydrogens is 614 g/mol. The van der Waals surface area contributed by atoms with Crippen LogP contribution in [0.2, 0.25) is 0 Å². The number of methoxy groups -OCH3 is 1. The number of ether oxygens (including phenoxy) is 2. The van der Waals surface area contributed by atoms with Gasteiger partial charge in [0.15, 0.2) is 0 Å². The van der Waals surface area contributed by atoms with Crippen LogP contribution in [0.5, 0.6) is 11.5 Å². The Morgan fingerprint density at radius 1 is 1.13 bits per heavy atom. The molecule has 30 heavy (non-hydrogen) atoms. The number of rotatable bonds is 5. The summed E-state index contributed by atoms with van der Waals surface area (Å²) in [4.78, 5) is 38.5. The minimum Gasteiger partial charge on any atom is -0.497 e. The van der Waals surface area contributed by atoms with Crippen molar-refractivity contribution in [1.82, 2.24) is 5.32 Å². The molecular formula is C21H14I2N2O5. The molecule has 0 spiro atoms. The highest BCUT2D eigenvalue weighted by molar-refractivity contribution is 14.1. The van der Waals surface area contributed by atoms with Crippen LogP contribution >= 0.6 is 45.2 Å². The Hall–Kier alpha value is -2.59. The molecule has 2 aromatic rings. The molecule has 3 rings (SSSR count). The van der Waals surface area contributed by atoms with Gasteiger partial charge in [-0.05, 0) is 93.2 Å². The van der Waals surface area contributed by atoms with E-state index in [1.165, 1.54) is 13.2 Å². The second kappa shape index (κ2) is 9.48. The topological polar surface area (TPSA) is 84.9 Å². The number of hydrogen-bond acceptors (Lipinski definition) is 5. The lowest BCUT2D eigenvalue weighted by atomic mass is 10.1. The molecule has 1 heterocycles. The zero-order valence-electron chi connectivity index (χ0n) is 15.6. The number of amides is 4. The lowest BCUT2D eigenvalue weighted by molar-refractivity contribution is -0.122. The van der Waals surface area contributed by atoms with Crippen molar-refractivity contribution in [3.05, 3.63) is 54.7 Å². The molecule has 1 fully saturated rings. The second-order valence-corrected chi connectivity index (χ2v) is 8.29. The molecule has 1 N–H and O–H groups in total. The van der Waals surface area contributed by atoms with Crippen LogP contribution in [0.15, 0.2) is 42.0 Å². The van der Waals surface area contributed by atoms with Gasteiger partial charge in [-0.2, -0.15) is 0 Å². The van der Waals surface area contributed by atoms with Gasteiger partial charge in [0.05, 0.1) is 19.9 Å². The smallest absolute Gasteiger partial charge is 0.335 e. The highest BCUT2D eigenvalue weighted by Crippen LogP contribution is 2.30. The number of terminal acetylenes is 1. The Balaban J connectivity index is 1.97. The van der Waals surface area contributed by atoms with Crippen molar-refractivity contribution >= 4 is 74.8 Å². The van der Waals surface area contributed by atoms with E-state index in [4.69, 9.17) is 15.9 Å². The Morgan fingerprint density at radius 3 is 2.33 bits per heavy atom. The first kappa shape index (κ1) is 22.1. The summed E-state index contributed by atoms with van der Waals surface area (Å²) < 4.78 is 12.2. The van der Waals surface area contributed by atoms with Gasteiger partial charge < -0.3 is 9.47 Å². The van der Waals surface area contributed by atoms with E-state index >= 15 is 0 Å². The zero-order valence-corrected chi connectivity index (χ0v) is 19.9. The fourth-order valence-corrected chi connectivity index (χ4v) is 4.83. The minimum absolute atomic E-state index is 0.131. The first-order valence-corrected chi connectivity index (χ1v) is 10.6. The van der Waals surface area contributed by atoms with Gasteiger partial charge in [-0.25, -0.2) is 9.69 Å². The maximum atomic E-state index is 13.0. The number of nitrogens with one attached hydrogen (secondary N) is 1. The van der Waals surface area contributed by atoms with E-state index in [1.54, 1.807) is 36.4 Å². The number of carbonyl (C=O) groups is 3. The Labute approximate surface area is 200 Å². The van der Waals surface area contributed by atoms with Crippen LogP contribution in [-0.2, 0) is 9.59 Å². The first-order valence-electron chi connectivity index (χ1n) is 8.46. The minimum atomic E-state index is -0.811. The monoisotopic (exact) mass is 628 g/mol. The molecule has 1 aliphatic rings. The van der Waals surface area contributed by atoms with Crippen molar-refractivity contribution in [3.63, 3.8) is 0 Å². The predicted molar refractivity (Wildman–Crippen MR) is 128 cm³/mol. The van der Waals surface area contributed by atoms with Crippen LogP contribution in [-0.4, -0.2) is 31.6 Å². The fourth-order valence-electron chi connectivity index (χ4n) is 2.70. The van der Waals surface area contributed by atoms with E-state index in [9.17, 15) is 14.4 Å². The van der Waals surface area contributed by atoms with Crippen LogP contribution in [0.4, 0.5) is 10.5 Å². The molecule has 4 amide bonds. The molecule has 0 aliphatic carbocycles. The van der Waals surface area contributed by atoms with Crippen LogP contribution in [0.1, 0.15) is 5.56 Å². The molecule has 152 valence electrons. The van der Waals surface area contributed by atoms with E-state index in [1.807, 2.05) is 0 Å². The highest BCUT2D eigenvalue weighted by Gasteiger charge is 2.36. The van der Waals surface area contributed by atoms with E-state index in [-0.39, 0.29) is 12.2 Å². The van der Waals surface area contributed by atoms with Crippen molar-refractivity contribution in [2.24, 2.45) is 0 Å². The molecule has 0 atom stereocenters. The second-order valence-electron chi connectivity index (χ2n) is 5.96. The van der Waals surface area contributed by atoms with Crippen molar-refractivity contribution in [2.45, 2.75) is 0 Å². The number of barbiturate groups is 1. The number of nitrogens with zero attached hydrogens (tertiary/aromatic N) is 1. The lowest BCUT2D eigenvalue weighted by Gasteiger charge is -2.26. The highest BCUT2D eigenvalue weighted by atomic mass is 127. The molecule has 1 saturated heterocycles. The van der Waals surface area contributed by atoms with Crippen LogP contribution in [0.3, 0.4) is 0 Å². The number of halogens is 2. The van der Waals surface area contributed by atoms with Crippen molar-refractivity contribution < 1.29 is 23.9 Å².